The summed E-state index contributed by atoms with van der Waals surface area (Å²) in [6.45, 7) is 4.75. The number of carbonyl (C=O) groups excluding carboxylic acids is 2. The van der Waals surface area contributed by atoms with E-state index in [0.29, 0.717) is 17.9 Å². The van der Waals surface area contributed by atoms with Gasteiger partial charge in [-0.1, -0.05) is 18.2 Å². The number of likely N-dealkylation sites (N-methyl/N-ethyl adjacent to an activating group) is 1. The minimum absolute atomic E-state index is 0.00806. The summed E-state index contributed by atoms with van der Waals surface area (Å²) in [5.74, 6) is 0.788. The molecule has 0 saturated carbocycles. The van der Waals surface area contributed by atoms with Crippen molar-refractivity contribution in [2.45, 2.75) is 26.3 Å². The zero-order valence-electron chi connectivity index (χ0n) is 15.6. The highest BCUT2D eigenvalue weighted by atomic mass is 16.5. The van der Waals surface area contributed by atoms with Crippen molar-refractivity contribution in [2.24, 2.45) is 0 Å². The van der Waals surface area contributed by atoms with Crippen LogP contribution in [0.15, 0.2) is 54.6 Å². The first kappa shape index (κ1) is 19.7. The molecule has 138 valence electrons. The lowest BCUT2D eigenvalue weighted by molar-refractivity contribution is -0.120. The molecule has 1 N–H and O–H groups in total. The molecule has 0 aliphatic carbocycles. The highest BCUT2D eigenvalue weighted by Crippen LogP contribution is 2.12. The quantitative estimate of drug-likeness (QED) is 0.552. The van der Waals surface area contributed by atoms with Crippen molar-refractivity contribution in [3.8, 4) is 5.75 Å². The number of rotatable bonds is 9. The SMILES string of the molecule is CC(=O)c1ccc(NC(=O)C(C)N(C)CCCOc2ccccc2)cc1. The van der Waals surface area contributed by atoms with E-state index in [1.807, 2.05) is 49.2 Å². The molecule has 1 unspecified atom stereocenters. The van der Waals surface area contributed by atoms with E-state index in [1.54, 1.807) is 24.3 Å². The minimum Gasteiger partial charge on any atom is -0.494 e. The molecule has 0 aliphatic rings. The Labute approximate surface area is 155 Å². The minimum atomic E-state index is -0.265. The molecule has 0 radical (unpaired) electrons. The van der Waals surface area contributed by atoms with Gasteiger partial charge in [-0.15, -0.1) is 0 Å². The number of nitrogens with zero attached hydrogens (tertiary/aromatic N) is 1. The second-order valence-corrected chi connectivity index (χ2v) is 6.29. The van der Waals surface area contributed by atoms with Crippen molar-refractivity contribution in [3.05, 3.63) is 60.2 Å². The summed E-state index contributed by atoms with van der Waals surface area (Å²) in [6, 6.07) is 16.3. The van der Waals surface area contributed by atoms with Crippen molar-refractivity contribution >= 4 is 17.4 Å². The third kappa shape index (κ3) is 6.01. The summed E-state index contributed by atoms with van der Waals surface area (Å²) >= 11 is 0. The van der Waals surface area contributed by atoms with Crippen molar-refractivity contribution in [2.75, 3.05) is 25.5 Å². The number of ether oxygens (including phenoxy) is 1. The zero-order valence-corrected chi connectivity index (χ0v) is 15.6. The van der Waals surface area contributed by atoms with Crippen LogP contribution >= 0.6 is 0 Å². The van der Waals surface area contributed by atoms with Gasteiger partial charge in [-0.05, 0) is 63.7 Å². The number of ketones is 1. The summed E-state index contributed by atoms with van der Waals surface area (Å²) in [6.07, 6.45) is 0.830. The highest BCUT2D eigenvalue weighted by Gasteiger charge is 2.17. The van der Waals surface area contributed by atoms with Gasteiger partial charge in [0.2, 0.25) is 5.91 Å². The number of amides is 1. The van der Waals surface area contributed by atoms with E-state index in [1.165, 1.54) is 6.92 Å². The molecular formula is C21H26N2O3. The first-order valence-electron chi connectivity index (χ1n) is 8.77. The van der Waals surface area contributed by atoms with E-state index in [4.69, 9.17) is 4.74 Å². The first-order valence-corrected chi connectivity index (χ1v) is 8.77. The van der Waals surface area contributed by atoms with Crippen LogP contribution in [-0.2, 0) is 4.79 Å². The summed E-state index contributed by atoms with van der Waals surface area (Å²) < 4.78 is 5.67. The van der Waals surface area contributed by atoms with Gasteiger partial charge < -0.3 is 10.1 Å². The molecule has 5 heteroatoms. The number of anilines is 1. The molecule has 26 heavy (non-hydrogen) atoms. The maximum absolute atomic E-state index is 12.4. The molecular weight excluding hydrogens is 328 g/mol. The number of hydrogen-bond donors (Lipinski definition) is 1. The molecule has 0 aromatic heterocycles. The predicted octanol–water partition coefficient (Wildman–Crippen LogP) is 3.62. The number of carbonyl (C=O) groups is 2. The van der Waals surface area contributed by atoms with Crippen LogP contribution in [0.4, 0.5) is 5.69 Å². The van der Waals surface area contributed by atoms with Gasteiger partial charge in [0.05, 0.1) is 12.6 Å². The van der Waals surface area contributed by atoms with Gasteiger partial charge in [0.25, 0.3) is 0 Å². The van der Waals surface area contributed by atoms with Crippen molar-refractivity contribution in [3.63, 3.8) is 0 Å². The van der Waals surface area contributed by atoms with Gasteiger partial charge in [-0.25, -0.2) is 0 Å². The molecule has 1 atom stereocenters. The van der Waals surface area contributed by atoms with E-state index < -0.39 is 0 Å². The van der Waals surface area contributed by atoms with Gasteiger partial charge in [0.15, 0.2) is 5.78 Å². The van der Waals surface area contributed by atoms with Crippen molar-refractivity contribution < 1.29 is 14.3 Å². The predicted molar refractivity (Wildman–Crippen MR) is 104 cm³/mol. The van der Waals surface area contributed by atoms with Crippen LogP contribution in [0.1, 0.15) is 30.6 Å². The Balaban J connectivity index is 1.74. The molecule has 2 aromatic rings. The molecule has 5 nitrogen and oxygen atoms in total. The van der Waals surface area contributed by atoms with Crippen molar-refractivity contribution in [1.82, 2.24) is 4.90 Å². The Morgan fingerprint density at radius 3 is 2.35 bits per heavy atom. The fourth-order valence-electron chi connectivity index (χ4n) is 2.45. The molecule has 0 aliphatic heterocycles. The van der Waals surface area contributed by atoms with Crippen LogP contribution in [0.3, 0.4) is 0 Å². The molecule has 0 spiro atoms. The Kier molecular flexibility index (Phi) is 7.36. The lowest BCUT2D eigenvalue weighted by atomic mass is 10.1. The molecule has 0 heterocycles. The number of Topliss-reactive ketones (excluding diaryl/α,β-unsaturated/α-hetero) is 1. The van der Waals surface area contributed by atoms with Gasteiger partial charge >= 0.3 is 0 Å². The topological polar surface area (TPSA) is 58.6 Å². The molecule has 2 rings (SSSR count). The van der Waals surface area contributed by atoms with Crippen LogP contribution in [-0.4, -0.2) is 42.8 Å². The third-order valence-corrected chi connectivity index (χ3v) is 4.27. The van der Waals surface area contributed by atoms with Gasteiger partial charge in [-0.3, -0.25) is 14.5 Å². The Morgan fingerprint density at radius 1 is 1.08 bits per heavy atom. The second kappa shape index (κ2) is 9.73. The monoisotopic (exact) mass is 354 g/mol. The smallest absolute Gasteiger partial charge is 0.241 e. The number of para-hydroxylation sites is 1. The molecule has 0 saturated heterocycles. The fourth-order valence-corrected chi connectivity index (χ4v) is 2.45. The van der Waals surface area contributed by atoms with Gasteiger partial charge in [0.1, 0.15) is 5.75 Å². The van der Waals surface area contributed by atoms with Crippen molar-refractivity contribution in [1.29, 1.82) is 0 Å². The maximum Gasteiger partial charge on any atom is 0.241 e. The highest BCUT2D eigenvalue weighted by molar-refractivity contribution is 5.96. The standard InChI is InChI=1S/C21H26N2O3/c1-16(21(25)22-19-12-10-18(11-13-19)17(2)24)23(3)14-7-15-26-20-8-5-4-6-9-20/h4-6,8-13,16H,7,14-15H2,1-3H3,(H,22,25). The van der Waals surface area contributed by atoms with E-state index in [2.05, 4.69) is 5.32 Å². The van der Waals surface area contributed by atoms with E-state index >= 15 is 0 Å². The average Bonchev–Trinajstić information content (AvgIpc) is 2.65. The second-order valence-electron chi connectivity index (χ2n) is 6.29. The van der Waals surface area contributed by atoms with Crippen LogP contribution in [0.25, 0.3) is 0 Å². The molecule has 0 bridgehead atoms. The molecule has 2 aromatic carbocycles. The lowest BCUT2D eigenvalue weighted by Crippen LogP contribution is -2.40. The Hall–Kier alpha value is -2.66. The Morgan fingerprint density at radius 2 is 1.73 bits per heavy atom. The molecule has 1 amide bonds. The average molecular weight is 354 g/mol. The Bertz CT molecular complexity index is 714. The van der Waals surface area contributed by atoms with Crippen LogP contribution in [0, 0.1) is 0 Å². The van der Waals surface area contributed by atoms with Crippen LogP contribution in [0.2, 0.25) is 0 Å². The maximum atomic E-state index is 12.4. The summed E-state index contributed by atoms with van der Waals surface area (Å²) in [7, 11) is 1.92. The first-order chi connectivity index (χ1) is 12.5. The summed E-state index contributed by atoms with van der Waals surface area (Å²) in [4.78, 5) is 25.7. The number of hydrogen-bond acceptors (Lipinski definition) is 4. The fraction of sp³-hybridized carbons (Fsp3) is 0.333. The van der Waals surface area contributed by atoms with Gasteiger partial charge in [0, 0.05) is 17.8 Å². The largest absolute Gasteiger partial charge is 0.494 e. The number of nitrogens with one attached hydrogen (secondary N) is 1. The zero-order chi connectivity index (χ0) is 18.9. The summed E-state index contributed by atoms with van der Waals surface area (Å²) in [5, 5.41) is 2.88. The summed E-state index contributed by atoms with van der Waals surface area (Å²) in [5.41, 5.74) is 1.32. The lowest BCUT2D eigenvalue weighted by Gasteiger charge is -2.23. The molecule has 0 fully saturated rings. The number of benzene rings is 2. The van der Waals surface area contributed by atoms with Gasteiger partial charge in [-0.2, -0.15) is 0 Å². The van der Waals surface area contributed by atoms with E-state index in [9.17, 15) is 9.59 Å². The van der Waals surface area contributed by atoms with E-state index in [0.717, 1.165) is 18.7 Å². The normalized spacial score (nSPS) is 11.8. The van der Waals surface area contributed by atoms with Crippen LogP contribution < -0.4 is 10.1 Å². The van der Waals surface area contributed by atoms with Crippen LogP contribution in [0.5, 0.6) is 5.75 Å². The van der Waals surface area contributed by atoms with E-state index in [-0.39, 0.29) is 17.7 Å². The third-order valence-electron chi connectivity index (χ3n) is 4.27.